The Bertz CT molecular complexity index is 465. The van der Waals surface area contributed by atoms with E-state index in [9.17, 15) is 13.6 Å². The van der Waals surface area contributed by atoms with Gasteiger partial charge in [0.25, 0.3) is 0 Å². The lowest BCUT2D eigenvalue weighted by Crippen LogP contribution is -2.53. The fourth-order valence-electron chi connectivity index (χ4n) is 2.06. The summed E-state index contributed by atoms with van der Waals surface area (Å²) in [6.07, 6.45) is 2.44. The molecule has 104 valence electrons. The highest BCUT2D eigenvalue weighted by atomic mass is 19.1. The van der Waals surface area contributed by atoms with Crippen molar-refractivity contribution >= 4 is 5.91 Å². The van der Waals surface area contributed by atoms with Crippen LogP contribution in [0.1, 0.15) is 31.7 Å². The number of halogens is 2. The van der Waals surface area contributed by atoms with Crippen LogP contribution in [-0.4, -0.2) is 23.6 Å². The van der Waals surface area contributed by atoms with E-state index in [1.807, 2.05) is 6.92 Å². The molecule has 2 rings (SSSR count). The van der Waals surface area contributed by atoms with E-state index in [0.29, 0.717) is 13.0 Å². The summed E-state index contributed by atoms with van der Waals surface area (Å²) in [7, 11) is 0. The topological polar surface area (TPSA) is 29.5 Å². The Morgan fingerprint density at radius 1 is 1.42 bits per heavy atom. The van der Waals surface area contributed by atoms with Gasteiger partial charge in [-0.05, 0) is 36.6 Å². The predicted octanol–water partition coefficient (Wildman–Crippen LogP) is 2.84. The number of hydroxylamine groups is 2. The first-order valence-electron chi connectivity index (χ1n) is 6.50. The van der Waals surface area contributed by atoms with Crippen LogP contribution in [0.25, 0.3) is 0 Å². The highest BCUT2D eigenvalue weighted by Gasteiger charge is 2.37. The van der Waals surface area contributed by atoms with Crippen molar-refractivity contribution in [3.8, 4) is 0 Å². The summed E-state index contributed by atoms with van der Waals surface area (Å²) in [5.74, 6) is -1.02. The number of amides is 1. The van der Waals surface area contributed by atoms with Crippen LogP contribution >= 0.6 is 0 Å². The molecule has 0 bridgehead atoms. The minimum atomic E-state index is -0.472. The minimum Gasteiger partial charge on any atom is -0.272 e. The third-order valence-corrected chi connectivity index (χ3v) is 3.18. The Kier molecular flexibility index (Phi) is 4.47. The first-order valence-corrected chi connectivity index (χ1v) is 6.50. The molecule has 0 N–H and O–H groups in total. The molecule has 1 aliphatic heterocycles. The van der Waals surface area contributed by atoms with Crippen LogP contribution in [0.15, 0.2) is 18.2 Å². The SMILES string of the molecule is CCCCON1C(=O)CC1Cc1cc(F)ccc1F. The molecule has 1 atom stereocenters. The molecule has 0 radical (unpaired) electrons. The maximum atomic E-state index is 13.5. The van der Waals surface area contributed by atoms with Crippen LogP contribution in [0.3, 0.4) is 0 Å². The predicted molar refractivity (Wildman–Crippen MR) is 66.2 cm³/mol. The number of benzene rings is 1. The zero-order chi connectivity index (χ0) is 13.8. The van der Waals surface area contributed by atoms with Gasteiger partial charge in [-0.3, -0.25) is 9.63 Å². The number of β-lactam (4-membered cyclic amide) rings is 1. The molecule has 1 aromatic rings. The standard InChI is InChI=1S/C14H17F2NO2/c1-2-3-6-19-17-12(9-14(17)18)8-10-7-11(15)4-5-13(10)16/h4-5,7,12H,2-3,6,8-9H2,1H3. The van der Waals surface area contributed by atoms with E-state index in [4.69, 9.17) is 4.84 Å². The second-order valence-electron chi connectivity index (χ2n) is 4.70. The number of unbranched alkanes of at least 4 members (excludes halogenated alkanes) is 1. The Labute approximate surface area is 111 Å². The van der Waals surface area contributed by atoms with Gasteiger partial charge >= 0.3 is 0 Å². The number of rotatable bonds is 6. The minimum absolute atomic E-state index is 0.0992. The second kappa shape index (κ2) is 6.10. The van der Waals surface area contributed by atoms with Crippen LogP contribution in [-0.2, 0) is 16.1 Å². The molecule has 0 aromatic heterocycles. The number of hydrogen-bond donors (Lipinski definition) is 0. The number of carbonyl (C=O) groups excluding carboxylic acids is 1. The van der Waals surface area contributed by atoms with Gasteiger partial charge in [-0.15, -0.1) is 0 Å². The van der Waals surface area contributed by atoms with E-state index in [1.54, 1.807) is 0 Å². The van der Waals surface area contributed by atoms with Crippen molar-refractivity contribution in [2.24, 2.45) is 0 Å². The Balaban J connectivity index is 1.95. The van der Waals surface area contributed by atoms with Gasteiger partial charge in [0.1, 0.15) is 11.6 Å². The molecule has 1 aromatic carbocycles. The van der Waals surface area contributed by atoms with Crippen molar-refractivity contribution in [2.75, 3.05) is 6.61 Å². The zero-order valence-corrected chi connectivity index (χ0v) is 10.9. The van der Waals surface area contributed by atoms with E-state index >= 15 is 0 Å². The van der Waals surface area contributed by atoms with Gasteiger partial charge in [0.2, 0.25) is 5.91 Å². The molecule has 1 aliphatic rings. The normalized spacial score (nSPS) is 18.6. The molecule has 1 fully saturated rings. The van der Waals surface area contributed by atoms with Crippen LogP contribution in [0.5, 0.6) is 0 Å². The van der Waals surface area contributed by atoms with Gasteiger partial charge in [0, 0.05) is 0 Å². The van der Waals surface area contributed by atoms with Gasteiger partial charge < -0.3 is 0 Å². The molecule has 1 saturated heterocycles. The number of hydrogen-bond acceptors (Lipinski definition) is 2. The van der Waals surface area contributed by atoms with Crippen molar-refractivity contribution in [3.05, 3.63) is 35.4 Å². The summed E-state index contributed by atoms with van der Waals surface area (Å²) in [6, 6.07) is 3.16. The molecule has 1 amide bonds. The smallest absolute Gasteiger partial charge is 0.248 e. The van der Waals surface area contributed by atoms with Crippen molar-refractivity contribution in [3.63, 3.8) is 0 Å². The Hall–Kier alpha value is -1.49. The summed E-state index contributed by atoms with van der Waals surface area (Å²) < 4.78 is 26.6. The monoisotopic (exact) mass is 269 g/mol. The van der Waals surface area contributed by atoms with Crippen LogP contribution in [0, 0.1) is 11.6 Å². The van der Waals surface area contributed by atoms with Crippen LogP contribution in [0.2, 0.25) is 0 Å². The largest absolute Gasteiger partial charge is 0.272 e. The fraction of sp³-hybridized carbons (Fsp3) is 0.500. The first-order chi connectivity index (χ1) is 9.11. The van der Waals surface area contributed by atoms with Gasteiger partial charge in [0.05, 0.1) is 19.1 Å². The lowest BCUT2D eigenvalue weighted by molar-refractivity contribution is -0.227. The first kappa shape index (κ1) is 13.9. The maximum Gasteiger partial charge on any atom is 0.248 e. The number of carbonyl (C=O) groups is 1. The van der Waals surface area contributed by atoms with Crippen molar-refractivity contribution < 1.29 is 18.4 Å². The van der Waals surface area contributed by atoms with Crippen molar-refractivity contribution in [1.82, 2.24) is 5.06 Å². The lowest BCUT2D eigenvalue weighted by atomic mass is 9.96. The van der Waals surface area contributed by atoms with E-state index in [2.05, 4.69) is 0 Å². The molecule has 0 spiro atoms. The summed E-state index contributed by atoms with van der Waals surface area (Å²) >= 11 is 0. The molecule has 3 nitrogen and oxygen atoms in total. The average Bonchev–Trinajstić information content (AvgIpc) is 2.38. The summed E-state index contributed by atoms with van der Waals surface area (Å²) in [5.41, 5.74) is 0.279. The van der Waals surface area contributed by atoms with Crippen molar-refractivity contribution in [1.29, 1.82) is 0 Å². The maximum absolute atomic E-state index is 13.5. The highest BCUT2D eigenvalue weighted by molar-refractivity contribution is 5.82. The van der Waals surface area contributed by atoms with E-state index < -0.39 is 11.6 Å². The highest BCUT2D eigenvalue weighted by Crippen LogP contribution is 2.25. The Morgan fingerprint density at radius 3 is 2.89 bits per heavy atom. The van der Waals surface area contributed by atoms with E-state index in [1.165, 1.54) is 11.1 Å². The van der Waals surface area contributed by atoms with Gasteiger partial charge in [-0.25, -0.2) is 13.8 Å². The molecule has 19 heavy (non-hydrogen) atoms. The number of nitrogens with zero attached hydrogens (tertiary/aromatic N) is 1. The fourth-order valence-corrected chi connectivity index (χ4v) is 2.06. The summed E-state index contributed by atoms with van der Waals surface area (Å²) in [5, 5.41) is 1.29. The molecular formula is C14H17F2NO2. The van der Waals surface area contributed by atoms with Gasteiger partial charge in [-0.1, -0.05) is 13.3 Å². The molecule has 0 aliphatic carbocycles. The lowest BCUT2D eigenvalue weighted by Gasteiger charge is -2.39. The van der Waals surface area contributed by atoms with Gasteiger partial charge in [0.15, 0.2) is 0 Å². The third-order valence-electron chi connectivity index (χ3n) is 3.18. The molecule has 1 unspecified atom stereocenters. The molecular weight excluding hydrogens is 252 g/mol. The van der Waals surface area contributed by atoms with Crippen LogP contribution in [0.4, 0.5) is 8.78 Å². The van der Waals surface area contributed by atoms with Crippen LogP contribution < -0.4 is 0 Å². The van der Waals surface area contributed by atoms with E-state index in [-0.39, 0.29) is 23.9 Å². The van der Waals surface area contributed by atoms with E-state index in [0.717, 1.165) is 25.0 Å². The quantitative estimate of drug-likeness (QED) is 0.587. The summed E-state index contributed by atoms with van der Waals surface area (Å²) in [4.78, 5) is 16.8. The zero-order valence-electron chi connectivity index (χ0n) is 10.9. The molecule has 0 saturated carbocycles. The van der Waals surface area contributed by atoms with Crippen molar-refractivity contribution in [2.45, 2.75) is 38.6 Å². The third kappa shape index (κ3) is 3.29. The molecule has 1 heterocycles. The summed E-state index contributed by atoms with van der Waals surface area (Å²) in [6.45, 7) is 2.51. The second-order valence-corrected chi connectivity index (χ2v) is 4.70. The van der Waals surface area contributed by atoms with Gasteiger partial charge in [-0.2, -0.15) is 0 Å². The average molecular weight is 269 g/mol. The Morgan fingerprint density at radius 2 is 2.21 bits per heavy atom. The molecule has 5 heteroatoms.